The Bertz CT molecular complexity index is 178. The highest BCUT2D eigenvalue weighted by Crippen LogP contribution is 2.19. The molecule has 1 unspecified atom stereocenters. The monoisotopic (exact) mass is 217 g/mol. The fourth-order valence-corrected chi connectivity index (χ4v) is 2.10. The van der Waals surface area contributed by atoms with Gasteiger partial charge in [0.2, 0.25) is 0 Å². The molecular formula is C11H20ClNO. The van der Waals surface area contributed by atoms with Crippen LogP contribution in [0.4, 0.5) is 0 Å². The second kappa shape index (κ2) is 6.44. The summed E-state index contributed by atoms with van der Waals surface area (Å²) in [5.74, 6) is 0. The summed E-state index contributed by atoms with van der Waals surface area (Å²) in [5.41, 5.74) is 1.61. The summed E-state index contributed by atoms with van der Waals surface area (Å²) in [4.78, 5) is 0. The van der Waals surface area contributed by atoms with Gasteiger partial charge >= 0.3 is 0 Å². The van der Waals surface area contributed by atoms with Crippen LogP contribution in [0.3, 0.4) is 0 Å². The van der Waals surface area contributed by atoms with Gasteiger partial charge in [0.05, 0.1) is 6.10 Å². The lowest BCUT2D eigenvalue weighted by atomic mass is 10.1. The Labute approximate surface area is 92.5 Å². The van der Waals surface area contributed by atoms with Crippen molar-refractivity contribution in [3.05, 3.63) is 11.6 Å². The Morgan fingerprint density at radius 2 is 2.14 bits per heavy atom. The van der Waals surface area contributed by atoms with Gasteiger partial charge in [-0.15, -0.1) is 12.4 Å². The van der Waals surface area contributed by atoms with Crippen molar-refractivity contribution < 1.29 is 4.74 Å². The molecule has 1 atom stereocenters. The molecule has 0 bridgehead atoms. The third kappa shape index (κ3) is 3.60. The topological polar surface area (TPSA) is 21.3 Å². The van der Waals surface area contributed by atoms with E-state index in [9.17, 15) is 0 Å². The Kier molecular flexibility index (Phi) is 5.53. The Hall–Kier alpha value is -0.0500. The molecule has 0 amide bonds. The van der Waals surface area contributed by atoms with Gasteiger partial charge in [0, 0.05) is 6.61 Å². The van der Waals surface area contributed by atoms with Gasteiger partial charge in [-0.3, -0.25) is 0 Å². The smallest absolute Gasteiger partial charge is 0.0759 e. The summed E-state index contributed by atoms with van der Waals surface area (Å²) in [5, 5.41) is 3.42. The molecule has 14 heavy (non-hydrogen) atoms. The van der Waals surface area contributed by atoms with Crippen molar-refractivity contribution in [2.75, 3.05) is 19.7 Å². The summed E-state index contributed by atoms with van der Waals surface area (Å²) in [7, 11) is 0. The Morgan fingerprint density at radius 1 is 1.21 bits per heavy atom. The van der Waals surface area contributed by atoms with E-state index in [-0.39, 0.29) is 12.4 Å². The second-order valence-corrected chi connectivity index (χ2v) is 3.98. The van der Waals surface area contributed by atoms with E-state index in [0.29, 0.717) is 6.10 Å². The van der Waals surface area contributed by atoms with Gasteiger partial charge in [-0.2, -0.15) is 0 Å². The normalized spacial score (nSPS) is 31.1. The quantitative estimate of drug-likeness (QED) is 0.681. The van der Waals surface area contributed by atoms with Gasteiger partial charge in [0.25, 0.3) is 0 Å². The molecule has 2 rings (SSSR count). The highest BCUT2D eigenvalue weighted by molar-refractivity contribution is 5.85. The lowest BCUT2D eigenvalue weighted by Crippen LogP contribution is -2.13. The van der Waals surface area contributed by atoms with Gasteiger partial charge < -0.3 is 10.1 Å². The average molecular weight is 218 g/mol. The van der Waals surface area contributed by atoms with Crippen LogP contribution in [-0.4, -0.2) is 25.8 Å². The number of halogens is 1. The van der Waals surface area contributed by atoms with Crippen molar-refractivity contribution >= 4 is 12.4 Å². The van der Waals surface area contributed by atoms with E-state index >= 15 is 0 Å². The van der Waals surface area contributed by atoms with Gasteiger partial charge in [-0.05, 0) is 45.2 Å². The molecule has 0 saturated carbocycles. The van der Waals surface area contributed by atoms with Crippen LogP contribution in [0.15, 0.2) is 11.6 Å². The molecule has 2 fully saturated rings. The first-order valence-corrected chi connectivity index (χ1v) is 5.47. The van der Waals surface area contributed by atoms with Gasteiger partial charge in [-0.1, -0.05) is 11.6 Å². The molecule has 0 aromatic heterocycles. The Balaban J connectivity index is 0.000000980. The van der Waals surface area contributed by atoms with Crippen molar-refractivity contribution in [2.24, 2.45) is 0 Å². The molecule has 1 N–H and O–H groups in total. The third-order valence-corrected chi connectivity index (χ3v) is 2.86. The van der Waals surface area contributed by atoms with Crippen LogP contribution in [-0.2, 0) is 4.74 Å². The minimum absolute atomic E-state index is 0. The molecule has 2 heterocycles. The molecule has 82 valence electrons. The first-order valence-electron chi connectivity index (χ1n) is 5.47. The van der Waals surface area contributed by atoms with Crippen molar-refractivity contribution in [3.63, 3.8) is 0 Å². The molecule has 0 aliphatic carbocycles. The molecule has 2 aliphatic rings. The lowest BCUT2D eigenvalue weighted by molar-refractivity contribution is 0.145. The molecular weight excluding hydrogens is 198 g/mol. The molecule has 2 nitrogen and oxygen atoms in total. The number of rotatable bonds is 1. The maximum Gasteiger partial charge on any atom is 0.0759 e. The van der Waals surface area contributed by atoms with Crippen LogP contribution >= 0.6 is 12.4 Å². The van der Waals surface area contributed by atoms with Crippen LogP contribution in [0.2, 0.25) is 0 Å². The standard InChI is InChI=1S/C11H19NO.ClH/c1-3-10(5-7-12-6-1)9-11-4-2-8-13-11;/h9,11-12H,1-8H2;1H/b10-9+;. The van der Waals surface area contributed by atoms with Gasteiger partial charge in [0.15, 0.2) is 0 Å². The highest BCUT2D eigenvalue weighted by atomic mass is 35.5. The predicted molar refractivity (Wildman–Crippen MR) is 61.0 cm³/mol. The van der Waals surface area contributed by atoms with Crippen molar-refractivity contribution in [1.29, 1.82) is 0 Å². The molecule has 0 spiro atoms. The summed E-state index contributed by atoms with van der Waals surface area (Å²) in [6, 6.07) is 0. The SMILES string of the molecule is C(=C1/CCCNCC1)/C1CCCO1.Cl. The summed E-state index contributed by atoms with van der Waals surface area (Å²) < 4.78 is 5.60. The third-order valence-electron chi connectivity index (χ3n) is 2.86. The first kappa shape index (κ1) is 12.0. The lowest BCUT2D eigenvalue weighted by Gasteiger charge is -2.07. The number of ether oxygens (including phenoxy) is 1. The second-order valence-electron chi connectivity index (χ2n) is 3.98. The largest absolute Gasteiger partial charge is 0.374 e. The molecule has 0 aromatic rings. The van der Waals surface area contributed by atoms with Crippen molar-refractivity contribution in [1.82, 2.24) is 5.32 Å². The van der Waals surface area contributed by atoms with Crippen LogP contribution < -0.4 is 5.32 Å². The minimum Gasteiger partial charge on any atom is -0.374 e. The summed E-state index contributed by atoms with van der Waals surface area (Å²) in [6.07, 6.45) is 9.07. The molecule has 3 heteroatoms. The molecule has 0 aromatic carbocycles. The van der Waals surface area contributed by atoms with E-state index in [1.165, 1.54) is 38.6 Å². The van der Waals surface area contributed by atoms with E-state index < -0.39 is 0 Å². The van der Waals surface area contributed by atoms with Gasteiger partial charge in [0.1, 0.15) is 0 Å². The molecule has 2 saturated heterocycles. The summed E-state index contributed by atoms with van der Waals surface area (Å²) >= 11 is 0. The fourth-order valence-electron chi connectivity index (χ4n) is 2.10. The van der Waals surface area contributed by atoms with Crippen LogP contribution in [0.1, 0.15) is 32.1 Å². The van der Waals surface area contributed by atoms with Crippen LogP contribution in [0.5, 0.6) is 0 Å². The number of hydrogen-bond donors (Lipinski definition) is 1. The van der Waals surface area contributed by atoms with E-state index in [4.69, 9.17) is 4.74 Å². The average Bonchev–Trinajstić information content (AvgIpc) is 2.49. The van der Waals surface area contributed by atoms with Crippen molar-refractivity contribution in [2.45, 2.75) is 38.2 Å². The zero-order valence-corrected chi connectivity index (χ0v) is 9.44. The molecule has 0 radical (unpaired) electrons. The van der Waals surface area contributed by atoms with Crippen molar-refractivity contribution in [3.8, 4) is 0 Å². The Morgan fingerprint density at radius 3 is 2.93 bits per heavy atom. The van der Waals surface area contributed by atoms with E-state index in [2.05, 4.69) is 11.4 Å². The maximum absolute atomic E-state index is 5.60. The van der Waals surface area contributed by atoms with Gasteiger partial charge in [-0.25, -0.2) is 0 Å². The molecule has 2 aliphatic heterocycles. The summed E-state index contributed by atoms with van der Waals surface area (Å²) in [6.45, 7) is 3.30. The minimum atomic E-state index is 0. The zero-order valence-electron chi connectivity index (χ0n) is 8.63. The van der Waals surface area contributed by atoms with E-state index in [1.54, 1.807) is 5.57 Å². The number of hydrogen-bond acceptors (Lipinski definition) is 2. The zero-order chi connectivity index (χ0) is 8.93. The van der Waals surface area contributed by atoms with E-state index in [1.807, 2.05) is 0 Å². The van der Waals surface area contributed by atoms with Crippen LogP contribution in [0, 0.1) is 0 Å². The first-order chi connectivity index (χ1) is 6.45. The fraction of sp³-hybridized carbons (Fsp3) is 0.818. The predicted octanol–water partition coefficient (Wildman–Crippen LogP) is 2.29. The van der Waals surface area contributed by atoms with E-state index in [0.717, 1.165) is 13.2 Å². The van der Waals surface area contributed by atoms with Crippen LogP contribution in [0.25, 0.3) is 0 Å². The highest BCUT2D eigenvalue weighted by Gasteiger charge is 2.14. The maximum atomic E-state index is 5.60. The number of nitrogens with one attached hydrogen (secondary N) is 1.